The average molecular weight is 289 g/mol. The molecule has 0 radical (unpaired) electrons. The van der Waals surface area contributed by atoms with Gasteiger partial charge in [-0.2, -0.15) is 0 Å². The van der Waals surface area contributed by atoms with Crippen LogP contribution in [0.3, 0.4) is 0 Å². The number of nitrogens with one attached hydrogen (secondary N) is 1. The summed E-state index contributed by atoms with van der Waals surface area (Å²) in [5.74, 6) is 0.886. The minimum atomic E-state index is 0.271. The van der Waals surface area contributed by atoms with Gasteiger partial charge in [0.25, 0.3) is 0 Å². The Kier molecular flexibility index (Phi) is 6.67. The molecule has 2 rings (SSSR count). The zero-order chi connectivity index (χ0) is 14.9. The van der Waals surface area contributed by atoms with Gasteiger partial charge in [0, 0.05) is 31.4 Å². The Balaban J connectivity index is 1.82. The first-order valence-electron chi connectivity index (χ1n) is 8.18. The number of aryl methyl sites for hydroxylation is 1. The van der Waals surface area contributed by atoms with E-state index in [-0.39, 0.29) is 5.91 Å². The topological polar surface area (TPSA) is 45.2 Å². The zero-order valence-corrected chi connectivity index (χ0v) is 13.1. The maximum Gasteiger partial charge on any atom is 0.222 e. The van der Waals surface area contributed by atoms with Crippen LogP contribution in [0.1, 0.15) is 38.3 Å². The summed E-state index contributed by atoms with van der Waals surface area (Å²) in [6.07, 6.45) is 6.58. The first kappa shape index (κ1) is 16.0. The monoisotopic (exact) mass is 289 g/mol. The number of amides is 1. The van der Waals surface area contributed by atoms with Gasteiger partial charge in [-0.1, -0.05) is 13.0 Å². The van der Waals surface area contributed by atoms with Crippen LogP contribution in [0.4, 0.5) is 0 Å². The third-order valence-corrected chi connectivity index (χ3v) is 4.04. The summed E-state index contributed by atoms with van der Waals surface area (Å²) >= 11 is 0. The van der Waals surface area contributed by atoms with E-state index in [1.807, 2.05) is 18.2 Å². The first-order chi connectivity index (χ1) is 10.3. The highest BCUT2D eigenvalue weighted by molar-refractivity contribution is 5.76. The van der Waals surface area contributed by atoms with Crippen molar-refractivity contribution in [2.45, 2.75) is 39.0 Å². The zero-order valence-electron chi connectivity index (χ0n) is 13.1. The third-order valence-electron chi connectivity index (χ3n) is 4.04. The predicted molar refractivity (Wildman–Crippen MR) is 85.0 cm³/mol. The van der Waals surface area contributed by atoms with Gasteiger partial charge >= 0.3 is 0 Å². The largest absolute Gasteiger partial charge is 0.342 e. The average Bonchev–Trinajstić information content (AvgIpc) is 2.54. The highest BCUT2D eigenvalue weighted by atomic mass is 16.2. The number of carbonyl (C=O) groups is 1. The van der Waals surface area contributed by atoms with Gasteiger partial charge in [0.1, 0.15) is 0 Å². The highest BCUT2D eigenvalue weighted by Crippen LogP contribution is 2.13. The Bertz CT molecular complexity index is 415. The first-order valence-corrected chi connectivity index (χ1v) is 8.18. The van der Waals surface area contributed by atoms with Crippen molar-refractivity contribution >= 4 is 5.91 Å². The van der Waals surface area contributed by atoms with E-state index in [1.54, 1.807) is 6.20 Å². The Labute approximate surface area is 127 Å². The van der Waals surface area contributed by atoms with Crippen molar-refractivity contribution in [3.05, 3.63) is 30.1 Å². The number of nitrogens with zero attached hydrogens (tertiary/aromatic N) is 2. The van der Waals surface area contributed by atoms with Gasteiger partial charge in [-0.15, -0.1) is 0 Å². The van der Waals surface area contributed by atoms with Crippen LogP contribution in [-0.2, 0) is 11.2 Å². The molecule has 1 aliphatic rings. The Morgan fingerprint density at radius 3 is 3.05 bits per heavy atom. The number of rotatable bonds is 7. The summed E-state index contributed by atoms with van der Waals surface area (Å²) in [6.45, 7) is 6.09. The standard InChI is InChI=1S/C17H27N3O/c1-2-12-20(14-15-6-5-10-18-13-15)17(21)9-8-16-7-3-4-11-19-16/h3-4,7,11,15,18H,2,5-6,8-10,12-14H2,1H3. The molecule has 1 saturated heterocycles. The molecule has 4 heteroatoms. The molecule has 1 fully saturated rings. The predicted octanol–water partition coefficient (Wildman–Crippen LogP) is 2.25. The molecule has 1 unspecified atom stereocenters. The number of hydrogen-bond acceptors (Lipinski definition) is 3. The molecule has 2 heterocycles. The van der Waals surface area contributed by atoms with Crippen LogP contribution in [-0.4, -0.2) is 42.0 Å². The smallest absolute Gasteiger partial charge is 0.222 e. The lowest BCUT2D eigenvalue weighted by atomic mass is 9.98. The molecule has 0 spiro atoms. The highest BCUT2D eigenvalue weighted by Gasteiger charge is 2.20. The summed E-state index contributed by atoms with van der Waals surface area (Å²) in [5, 5.41) is 3.43. The Morgan fingerprint density at radius 1 is 1.48 bits per heavy atom. The maximum absolute atomic E-state index is 12.5. The summed E-state index contributed by atoms with van der Waals surface area (Å²) in [5.41, 5.74) is 1.00. The van der Waals surface area contributed by atoms with Gasteiger partial charge in [0.2, 0.25) is 5.91 Å². The molecule has 1 aromatic heterocycles. The van der Waals surface area contributed by atoms with E-state index in [0.717, 1.165) is 44.7 Å². The van der Waals surface area contributed by atoms with Crippen LogP contribution in [0, 0.1) is 5.92 Å². The van der Waals surface area contributed by atoms with Crippen molar-refractivity contribution in [3.8, 4) is 0 Å². The number of aromatic nitrogens is 1. The fourth-order valence-corrected chi connectivity index (χ4v) is 2.92. The number of pyridine rings is 1. The fourth-order valence-electron chi connectivity index (χ4n) is 2.92. The summed E-state index contributed by atoms with van der Waals surface area (Å²) in [6, 6.07) is 5.87. The molecule has 1 atom stereocenters. The SMILES string of the molecule is CCCN(CC1CCCNC1)C(=O)CCc1ccccn1. The number of carbonyl (C=O) groups excluding carboxylic acids is 1. The lowest BCUT2D eigenvalue weighted by Crippen LogP contribution is -2.41. The molecular weight excluding hydrogens is 262 g/mol. The Hall–Kier alpha value is -1.42. The summed E-state index contributed by atoms with van der Waals surface area (Å²) in [4.78, 5) is 18.8. The Morgan fingerprint density at radius 2 is 2.38 bits per heavy atom. The molecule has 1 aliphatic heterocycles. The molecule has 0 saturated carbocycles. The molecule has 0 aromatic carbocycles. The van der Waals surface area contributed by atoms with Gasteiger partial charge in [-0.3, -0.25) is 9.78 Å². The second kappa shape index (κ2) is 8.78. The van der Waals surface area contributed by atoms with Gasteiger partial charge in [-0.25, -0.2) is 0 Å². The van der Waals surface area contributed by atoms with Crippen LogP contribution in [0.25, 0.3) is 0 Å². The van der Waals surface area contributed by atoms with Crippen LogP contribution in [0.15, 0.2) is 24.4 Å². The van der Waals surface area contributed by atoms with Crippen molar-refractivity contribution in [1.29, 1.82) is 0 Å². The van der Waals surface area contributed by atoms with E-state index in [4.69, 9.17) is 0 Å². The second-order valence-electron chi connectivity index (χ2n) is 5.87. The van der Waals surface area contributed by atoms with E-state index >= 15 is 0 Å². The molecule has 4 nitrogen and oxygen atoms in total. The molecular formula is C17H27N3O. The van der Waals surface area contributed by atoms with Crippen molar-refractivity contribution in [2.24, 2.45) is 5.92 Å². The van der Waals surface area contributed by atoms with Gasteiger partial charge in [0.15, 0.2) is 0 Å². The van der Waals surface area contributed by atoms with Crippen LogP contribution < -0.4 is 5.32 Å². The van der Waals surface area contributed by atoms with E-state index in [9.17, 15) is 4.79 Å². The minimum Gasteiger partial charge on any atom is -0.342 e. The van der Waals surface area contributed by atoms with E-state index in [0.29, 0.717) is 12.3 Å². The molecule has 0 bridgehead atoms. The third kappa shape index (κ3) is 5.46. The summed E-state index contributed by atoms with van der Waals surface area (Å²) < 4.78 is 0. The lowest BCUT2D eigenvalue weighted by molar-refractivity contribution is -0.132. The quantitative estimate of drug-likeness (QED) is 0.837. The molecule has 1 aromatic rings. The van der Waals surface area contributed by atoms with Crippen LogP contribution in [0.5, 0.6) is 0 Å². The van der Waals surface area contributed by atoms with Gasteiger partial charge in [0.05, 0.1) is 0 Å². The molecule has 1 amide bonds. The fraction of sp³-hybridized carbons (Fsp3) is 0.647. The van der Waals surface area contributed by atoms with Crippen molar-refractivity contribution in [3.63, 3.8) is 0 Å². The maximum atomic E-state index is 12.5. The van der Waals surface area contributed by atoms with Crippen LogP contribution in [0.2, 0.25) is 0 Å². The molecule has 116 valence electrons. The van der Waals surface area contributed by atoms with E-state index < -0.39 is 0 Å². The normalized spacial score (nSPS) is 18.4. The molecule has 1 N–H and O–H groups in total. The van der Waals surface area contributed by atoms with Gasteiger partial charge < -0.3 is 10.2 Å². The second-order valence-corrected chi connectivity index (χ2v) is 5.87. The van der Waals surface area contributed by atoms with E-state index in [2.05, 4.69) is 22.1 Å². The molecule has 0 aliphatic carbocycles. The number of hydrogen-bond donors (Lipinski definition) is 1. The van der Waals surface area contributed by atoms with Crippen molar-refractivity contribution in [1.82, 2.24) is 15.2 Å². The van der Waals surface area contributed by atoms with Crippen LogP contribution >= 0.6 is 0 Å². The van der Waals surface area contributed by atoms with Crippen molar-refractivity contribution in [2.75, 3.05) is 26.2 Å². The lowest BCUT2D eigenvalue weighted by Gasteiger charge is -2.30. The minimum absolute atomic E-state index is 0.271. The molecule has 21 heavy (non-hydrogen) atoms. The number of piperidine rings is 1. The van der Waals surface area contributed by atoms with E-state index in [1.165, 1.54) is 12.8 Å². The van der Waals surface area contributed by atoms with Crippen molar-refractivity contribution < 1.29 is 4.79 Å². The summed E-state index contributed by atoms with van der Waals surface area (Å²) in [7, 11) is 0. The van der Waals surface area contributed by atoms with Gasteiger partial charge in [-0.05, 0) is 56.8 Å².